The fourth-order valence-electron chi connectivity index (χ4n) is 3.99. The SMILES string of the molecule is COc1cc(N2CCOCC2)c(OC)cc1[N+]#N.COc1cc(N2CCOCC2)c(OC)cc1[N+]#N.[O-]B([O-])F. The average Bonchev–Trinajstić information content (AvgIpc) is 3.00. The Bertz CT molecular complexity index is 1080. The molecular formula is C24H32BFN6O8. The minimum atomic E-state index is -3.17. The van der Waals surface area contributed by atoms with Crippen molar-refractivity contribution in [3.05, 3.63) is 34.2 Å². The van der Waals surface area contributed by atoms with Gasteiger partial charge in [-0.1, -0.05) is 0 Å². The molecule has 40 heavy (non-hydrogen) atoms. The second-order valence-corrected chi connectivity index (χ2v) is 8.07. The number of morpholine rings is 2. The van der Waals surface area contributed by atoms with Crippen LogP contribution in [0.3, 0.4) is 0 Å². The zero-order valence-electron chi connectivity index (χ0n) is 22.9. The van der Waals surface area contributed by atoms with E-state index < -0.39 is 7.40 Å². The van der Waals surface area contributed by atoms with Crippen LogP contribution >= 0.6 is 0 Å². The lowest BCUT2D eigenvalue weighted by Crippen LogP contribution is -2.39. The smallest absolute Gasteiger partial charge is 0.430 e. The highest BCUT2D eigenvalue weighted by Gasteiger charge is 2.25. The number of nitrogens with zero attached hydrogens (tertiary/aromatic N) is 6. The number of rotatable bonds is 6. The third-order valence-corrected chi connectivity index (χ3v) is 5.88. The highest BCUT2D eigenvalue weighted by atomic mass is 19.1. The molecule has 2 saturated heterocycles. The van der Waals surface area contributed by atoms with Crippen molar-refractivity contribution in [1.29, 1.82) is 10.8 Å². The zero-order valence-corrected chi connectivity index (χ0v) is 22.9. The van der Waals surface area contributed by atoms with Crippen molar-refractivity contribution in [3.8, 4) is 23.0 Å². The summed E-state index contributed by atoms with van der Waals surface area (Å²) in [7, 11) is 3.10. The van der Waals surface area contributed by atoms with E-state index in [2.05, 4.69) is 19.8 Å². The summed E-state index contributed by atoms with van der Waals surface area (Å²) < 4.78 is 41.6. The normalized spacial score (nSPS) is 14.2. The Kier molecular flexibility index (Phi) is 13.5. The first-order valence-corrected chi connectivity index (χ1v) is 12.2. The van der Waals surface area contributed by atoms with Gasteiger partial charge in [0.25, 0.3) is 0 Å². The summed E-state index contributed by atoms with van der Waals surface area (Å²) in [5, 5.41) is 34.5. The summed E-state index contributed by atoms with van der Waals surface area (Å²) >= 11 is 0. The first-order chi connectivity index (χ1) is 19.3. The molecule has 2 aromatic carbocycles. The molecule has 0 spiro atoms. The van der Waals surface area contributed by atoms with Gasteiger partial charge in [-0.3, -0.25) is 0 Å². The number of halogens is 1. The molecule has 0 radical (unpaired) electrons. The molecule has 2 fully saturated rings. The number of ether oxygens (including phenoxy) is 6. The highest BCUT2D eigenvalue weighted by molar-refractivity contribution is 6.27. The van der Waals surface area contributed by atoms with Gasteiger partial charge in [-0.2, -0.15) is 0 Å². The third kappa shape index (κ3) is 8.99. The molecule has 0 N–H and O–H groups in total. The van der Waals surface area contributed by atoms with Gasteiger partial charge in [0.15, 0.2) is 21.5 Å². The lowest BCUT2D eigenvalue weighted by atomic mass is 10.2. The third-order valence-electron chi connectivity index (χ3n) is 5.88. The van der Waals surface area contributed by atoms with Gasteiger partial charge in [-0.25, -0.2) is 0 Å². The van der Waals surface area contributed by atoms with Gasteiger partial charge >= 0.3 is 11.4 Å². The van der Waals surface area contributed by atoms with Crippen LogP contribution in [0.25, 0.3) is 9.95 Å². The quantitative estimate of drug-likeness (QED) is 0.370. The average molecular weight is 562 g/mol. The summed E-state index contributed by atoms with van der Waals surface area (Å²) in [4.78, 5) is 10.7. The van der Waals surface area contributed by atoms with Gasteiger partial charge in [0.05, 0.1) is 78.4 Å². The number of hydrogen-bond donors (Lipinski definition) is 0. The van der Waals surface area contributed by atoms with E-state index >= 15 is 0 Å². The zero-order chi connectivity index (χ0) is 29.5. The summed E-state index contributed by atoms with van der Waals surface area (Å²) in [5.74, 6) is 2.34. The van der Waals surface area contributed by atoms with Crippen LogP contribution in [0, 0.1) is 10.8 Å². The van der Waals surface area contributed by atoms with Gasteiger partial charge in [-0.05, 0) is 0 Å². The molecule has 0 unspecified atom stereocenters. The Labute approximate surface area is 232 Å². The Morgan fingerprint density at radius 3 is 1.23 bits per heavy atom. The summed E-state index contributed by atoms with van der Waals surface area (Å²) in [6, 6.07) is 6.95. The fourth-order valence-corrected chi connectivity index (χ4v) is 3.99. The Balaban J connectivity index is 0.000000247. The van der Waals surface area contributed by atoms with Crippen LogP contribution in [0.4, 0.5) is 27.1 Å². The second kappa shape index (κ2) is 16.8. The van der Waals surface area contributed by atoms with Crippen molar-refractivity contribution in [2.45, 2.75) is 0 Å². The molecular weight excluding hydrogens is 530 g/mol. The highest BCUT2D eigenvalue weighted by Crippen LogP contribution is 2.41. The standard InChI is InChI=1S/2C12H16N3O3.BFO2/c2*1-16-11-8-10(15-3-5-18-6-4-15)12(17-2)7-9(11)14-13;2-1(3)4/h2*7-8H,3-6H2,1-2H3;/q2*+1;-2. The number of anilines is 2. The minimum Gasteiger partial charge on any atom is -0.867 e. The Morgan fingerprint density at radius 2 is 0.975 bits per heavy atom. The topological polar surface area (TPSA) is 164 Å². The molecule has 2 aliphatic rings. The van der Waals surface area contributed by atoms with Crippen LogP contribution < -0.4 is 38.8 Å². The Morgan fingerprint density at radius 1 is 0.675 bits per heavy atom. The van der Waals surface area contributed by atoms with Crippen LogP contribution in [0.5, 0.6) is 23.0 Å². The van der Waals surface area contributed by atoms with Gasteiger partial charge in [0, 0.05) is 38.3 Å². The van der Waals surface area contributed by atoms with Crippen LogP contribution in [0.15, 0.2) is 24.3 Å². The number of methoxy groups -OCH3 is 4. The van der Waals surface area contributed by atoms with Crippen molar-refractivity contribution in [1.82, 2.24) is 0 Å². The molecule has 2 aromatic rings. The van der Waals surface area contributed by atoms with E-state index in [-0.39, 0.29) is 0 Å². The monoisotopic (exact) mass is 562 g/mol. The van der Waals surface area contributed by atoms with Crippen molar-refractivity contribution >= 4 is 30.1 Å². The van der Waals surface area contributed by atoms with Crippen LogP contribution in [0.1, 0.15) is 0 Å². The largest absolute Gasteiger partial charge is 0.867 e. The number of diazo groups is 2. The molecule has 0 aliphatic carbocycles. The summed E-state index contributed by atoms with van der Waals surface area (Å²) in [5.41, 5.74) is 2.55. The van der Waals surface area contributed by atoms with Crippen LogP contribution in [-0.4, -0.2) is 88.4 Å². The molecule has 16 heteroatoms. The predicted octanol–water partition coefficient (Wildman–Crippen LogP) is 1.71. The van der Waals surface area contributed by atoms with Gasteiger partial charge in [0.2, 0.25) is 22.3 Å². The van der Waals surface area contributed by atoms with E-state index in [0.717, 1.165) is 37.6 Å². The van der Waals surface area contributed by atoms with E-state index in [1.165, 1.54) is 0 Å². The van der Waals surface area contributed by atoms with E-state index in [0.29, 0.717) is 60.8 Å². The number of hydrogen-bond acceptors (Lipinski definition) is 12. The van der Waals surface area contributed by atoms with Crippen molar-refractivity contribution < 1.29 is 42.8 Å². The molecule has 2 heterocycles. The molecule has 0 amide bonds. The Hall–Kier alpha value is -4.09. The van der Waals surface area contributed by atoms with Crippen molar-refractivity contribution in [3.63, 3.8) is 0 Å². The maximum atomic E-state index is 9.89. The first kappa shape index (κ1) is 32.1. The lowest BCUT2D eigenvalue weighted by molar-refractivity contribution is -0.366. The number of benzene rings is 2. The predicted molar refractivity (Wildman–Crippen MR) is 142 cm³/mol. The first-order valence-electron chi connectivity index (χ1n) is 12.2. The second-order valence-electron chi connectivity index (χ2n) is 8.07. The fraction of sp³-hybridized carbons (Fsp3) is 0.500. The molecule has 0 saturated carbocycles. The maximum Gasteiger partial charge on any atom is 0.430 e. The molecule has 2 aliphatic heterocycles. The van der Waals surface area contributed by atoms with Crippen molar-refractivity contribution in [2.75, 3.05) is 90.8 Å². The lowest BCUT2D eigenvalue weighted by Gasteiger charge is -2.29. The van der Waals surface area contributed by atoms with E-state index in [1.807, 2.05) is 12.1 Å². The van der Waals surface area contributed by atoms with Crippen LogP contribution in [0.2, 0.25) is 0 Å². The molecule has 0 aromatic heterocycles. The summed E-state index contributed by atoms with van der Waals surface area (Å²) in [6.07, 6.45) is 0. The van der Waals surface area contributed by atoms with Gasteiger partial charge in [-0.15, -0.1) is 0 Å². The van der Waals surface area contributed by atoms with Crippen molar-refractivity contribution in [2.24, 2.45) is 0 Å². The minimum absolute atomic E-state index is 0.353. The van der Waals surface area contributed by atoms with E-state index in [4.69, 9.17) is 49.3 Å². The molecule has 14 nitrogen and oxygen atoms in total. The molecule has 0 atom stereocenters. The molecule has 4 rings (SSSR count). The molecule has 216 valence electrons. The van der Waals surface area contributed by atoms with E-state index in [9.17, 15) is 4.32 Å². The van der Waals surface area contributed by atoms with Gasteiger partial charge in [0.1, 0.15) is 7.40 Å². The summed E-state index contributed by atoms with van der Waals surface area (Å²) in [6.45, 7) is 5.97. The van der Waals surface area contributed by atoms with Gasteiger partial charge < -0.3 is 52.6 Å². The maximum absolute atomic E-state index is 9.89. The molecule has 0 bridgehead atoms. The van der Waals surface area contributed by atoms with E-state index in [1.54, 1.807) is 40.6 Å². The van der Waals surface area contributed by atoms with Crippen LogP contribution in [-0.2, 0) is 9.47 Å².